The zero-order chi connectivity index (χ0) is 20.8. The van der Waals surface area contributed by atoms with Crippen LogP contribution in [0.3, 0.4) is 0 Å². The molecular weight excluding hydrogens is 358 g/mol. The van der Waals surface area contributed by atoms with Crippen LogP contribution in [0, 0.1) is 11.8 Å². The number of hydrogen-bond acceptors (Lipinski definition) is 3. The van der Waals surface area contributed by atoms with Crippen molar-refractivity contribution in [2.24, 2.45) is 0 Å². The Morgan fingerprint density at radius 3 is 2.52 bits per heavy atom. The molecule has 3 aliphatic heterocycles. The largest absolute Gasteiger partial charge is 0.445 e. The Kier molecular flexibility index (Phi) is 4.95. The van der Waals surface area contributed by atoms with Gasteiger partial charge in [0.25, 0.3) is 0 Å². The fourth-order valence-corrected chi connectivity index (χ4v) is 5.06. The van der Waals surface area contributed by atoms with Gasteiger partial charge < -0.3 is 4.74 Å². The summed E-state index contributed by atoms with van der Waals surface area (Å²) in [5, 5.41) is 0. The molecule has 3 heterocycles. The van der Waals surface area contributed by atoms with E-state index in [0.717, 1.165) is 36.2 Å². The number of ether oxygens (including phenoxy) is 1. The highest BCUT2D eigenvalue weighted by molar-refractivity contribution is 5.94. The Balaban J connectivity index is 0.000000994. The predicted molar refractivity (Wildman–Crippen MR) is 117 cm³/mol. The first-order chi connectivity index (χ1) is 13.9. The van der Waals surface area contributed by atoms with Crippen LogP contribution in [-0.2, 0) is 14.9 Å². The van der Waals surface area contributed by atoms with E-state index in [9.17, 15) is 4.79 Å². The van der Waals surface area contributed by atoms with Gasteiger partial charge in [0.2, 0.25) is 0 Å². The van der Waals surface area contributed by atoms with Crippen LogP contribution in [0.25, 0.3) is 0 Å². The maximum atomic E-state index is 12.1. The number of esters is 1. The van der Waals surface area contributed by atoms with Crippen LogP contribution in [0.2, 0.25) is 0 Å². The van der Waals surface area contributed by atoms with Crippen molar-refractivity contribution in [3.63, 3.8) is 0 Å². The van der Waals surface area contributed by atoms with Gasteiger partial charge in [0.1, 0.15) is 0 Å². The summed E-state index contributed by atoms with van der Waals surface area (Å²) in [4.78, 5) is 14.6. The Hall–Kier alpha value is -2.31. The van der Waals surface area contributed by atoms with Crippen LogP contribution in [-0.4, -0.2) is 35.6 Å². The standard InChI is InChI=1S/C24H25NO2.C2H6/c1-23(2,3)17-10-7-16(8-11-17)9-12-18-19-14-22(26)27-24(19)20(18)15-25-13-5-4-6-21(24)25;1-2/h7-8,10-11,14,21H,4-6,13,15H2,1-3H3;1-2H3/t21?,24-;/m1./s1. The molecule has 0 radical (unpaired) electrons. The minimum Gasteiger partial charge on any atom is -0.445 e. The van der Waals surface area contributed by atoms with Crippen LogP contribution < -0.4 is 0 Å². The molecule has 1 unspecified atom stereocenters. The summed E-state index contributed by atoms with van der Waals surface area (Å²) in [6.07, 6.45) is 5.22. The van der Waals surface area contributed by atoms with E-state index < -0.39 is 5.60 Å². The second-order valence-corrected chi connectivity index (χ2v) is 9.13. The molecule has 0 saturated carbocycles. The lowest BCUT2D eigenvalue weighted by molar-refractivity contribution is -0.146. The van der Waals surface area contributed by atoms with E-state index in [1.807, 2.05) is 13.8 Å². The third-order valence-corrected chi connectivity index (χ3v) is 6.47. The Bertz CT molecular complexity index is 949. The van der Waals surface area contributed by atoms with E-state index in [-0.39, 0.29) is 11.4 Å². The van der Waals surface area contributed by atoms with Crippen molar-refractivity contribution in [3.8, 4) is 11.8 Å². The molecule has 2 fully saturated rings. The topological polar surface area (TPSA) is 29.5 Å². The average molecular weight is 390 g/mol. The lowest BCUT2D eigenvalue weighted by atomic mass is 9.67. The molecule has 3 nitrogen and oxygen atoms in total. The van der Waals surface area contributed by atoms with Crippen LogP contribution in [0.4, 0.5) is 0 Å². The van der Waals surface area contributed by atoms with E-state index in [1.54, 1.807) is 6.08 Å². The Morgan fingerprint density at radius 1 is 1.10 bits per heavy atom. The van der Waals surface area contributed by atoms with Crippen molar-refractivity contribution < 1.29 is 9.53 Å². The van der Waals surface area contributed by atoms with Gasteiger partial charge in [-0.15, -0.1) is 0 Å². The molecule has 1 aromatic rings. The number of benzene rings is 1. The van der Waals surface area contributed by atoms with Crippen molar-refractivity contribution in [1.82, 2.24) is 4.90 Å². The van der Waals surface area contributed by atoms with E-state index in [4.69, 9.17) is 4.74 Å². The highest BCUT2D eigenvalue weighted by Crippen LogP contribution is 2.58. The number of rotatable bonds is 0. The smallest absolute Gasteiger partial charge is 0.332 e. The quantitative estimate of drug-likeness (QED) is 0.473. The zero-order valence-corrected chi connectivity index (χ0v) is 18.3. The molecule has 29 heavy (non-hydrogen) atoms. The van der Waals surface area contributed by atoms with Crippen molar-refractivity contribution in [2.75, 3.05) is 13.1 Å². The summed E-state index contributed by atoms with van der Waals surface area (Å²) in [5.74, 6) is 6.47. The number of piperidine rings is 1. The lowest BCUT2D eigenvalue weighted by Gasteiger charge is -2.43. The van der Waals surface area contributed by atoms with Gasteiger partial charge >= 0.3 is 5.97 Å². The Labute approximate surface area is 174 Å². The van der Waals surface area contributed by atoms with E-state index in [2.05, 4.69) is 61.8 Å². The summed E-state index contributed by atoms with van der Waals surface area (Å²) in [6.45, 7) is 12.6. The number of hydrogen-bond donors (Lipinski definition) is 0. The first kappa shape index (κ1) is 20.0. The fourth-order valence-electron chi connectivity index (χ4n) is 5.06. The van der Waals surface area contributed by atoms with Gasteiger partial charge in [-0.2, -0.15) is 0 Å². The third kappa shape index (κ3) is 3.06. The first-order valence-electron chi connectivity index (χ1n) is 11.0. The molecule has 0 aromatic heterocycles. The van der Waals surface area contributed by atoms with Crippen molar-refractivity contribution in [3.05, 3.63) is 58.2 Å². The third-order valence-electron chi connectivity index (χ3n) is 6.47. The molecule has 4 aliphatic rings. The molecule has 2 saturated heterocycles. The van der Waals surface area contributed by atoms with Crippen molar-refractivity contribution in [2.45, 2.75) is 70.9 Å². The summed E-state index contributed by atoms with van der Waals surface area (Å²) in [7, 11) is 0. The van der Waals surface area contributed by atoms with E-state index in [0.29, 0.717) is 6.04 Å². The molecule has 1 spiro atoms. The minimum atomic E-state index is -0.475. The van der Waals surface area contributed by atoms with E-state index >= 15 is 0 Å². The molecule has 0 bridgehead atoms. The van der Waals surface area contributed by atoms with Crippen LogP contribution in [0.15, 0.2) is 47.1 Å². The van der Waals surface area contributed by atoms with Gasteiger partial charge in [-0.05, 0) is 42.5 Å². The highest BCUT2D eigenvalue weighted by atomic mass is 16.6. The molecule has 1 aromatic carbocycles. The van der Waals surface area contributed by atoms with Crippen LogP contribution >= 0.6 is 0 Å². The second kappa shape index (κ2) is 7.18. The van der Waals surface area contributed by atoms with Crippen molar-refractivity contribution >= 4 is 5.97 Å². The van der Waals surface area contributed by atoms with Crippen molar-refractivity contribution in [1.29, 1.82) is 0 Å². The minimum absolute atomic E-state index is 0.144. The van der Waals surface area contributed by atoms with Gasteiger partial charge in [-0.25, -0.2) is 4.79 Å². The number of fused-ring (bicyclic) bond motifs is 1. The van der Waals surface area contributed by atoms with Gasteiger partial charge in [-0.1, -0.05) is 65.0 Å². The zero-order valence-electron chi connectivity index (χ0n) is 18.3. The molecule has 5 rings (SSSR count). The summed E-state index contributed by atoms with van der Waals surface area (Å²) >= 11 is 0. The number of carbonyl (C=O) groups is 1. The molecule has 2 atom stereocenters. The lowest BCUT2D eigenvalue weighted by Crippen LogP contribution is -2.52. The normalized spacial score (nSPS) is 27.3. The molecule has 0 N–H and O–H groups in total. The predicted octanol–water partition coefficient (Wildman–Crippen LogP) is 4.76. The van der Waals surface area contributed by atoms with Gasteiger partial charge in [0.05, 0.1) is 6.04 Å². The Morgan fingerprint density at radius 2 is 1.83 bits per heavy atom. The SMILES string of the molecule is CC.CC(C)(C)c1ccc(C#CC2=C3CN4CCCCC4[C@]34OC(=O)C=C24)cc1. The second-order valence-electron chi connectivity index (χ2n) is 9.13. The molecular formula is C26H31NO2. The van der Waals surface area contributed by atoms with E-state index in [1.165, 1.54) is 24.0 Å². The summed E-state index contributed by atoms with van der Waals surface area (Å²) in [6, 6.07) is 8.81. The van der Waals surface area contributed by atoms with Crippen LogP contribution in [0.5, 0.6) is 0 Å². The molecule has 3 heteroatoms. The fraction of sp³-hybridized carbons (Fsp3) is 0.500. The maximum Gasteiger partial charge on any atom is 0.332 e. The molecule has 0 amide bonds. The monoisotopic (exact) mass is 389 g/mol. The number of carbonyl (C=O) groups excluding carboxylic acids is 1. The molecule has 1 aliphatic carbocycles. The number of nitrogens with zero attached hydrogens (tertiary/aromatic N) is 1. The average Bonchev–Trinajstić information content (AvgIpc) is 3.16. The maximum absolute atomic E-state index is 12.1. The van der Waals surface area contributed by atoms with Crippen LogP contribution in [0.1, 0.15) is 65.0 Å². The summed E-state index contributed by atoms with van der Waals surface area (Å²) in [5.41, 5.74) is 5.28. The van der Waals surface area contributed by atoms with Gasteiger partial charge in [0.15, 0.2) is 5.60 Å². The van der Waals surface area contributed by atoms with Gasteiger partial charge in [-0.3, -0.25) is 4.90 Å². The molecule has 152 valence electrons. The first-order valence-corrected chi connectivity index (χ1v) is 11.0. The van der Waals surface area contributed by atoms with Gasteiger partial charge in [0, 0.05) is 34.9 Å². The summed E-state index contributed by atoms with van der Waals surface area (Å²) < 4.78 is 5.88. The highest BCUT2D eigenvalue weighted by Gasteiger charge is 2.66.